The van der Waals surface area contributed by atoms with Crippen LogP contribution in [-0.4, -0.2) is 29.3 Å². The molecule has 0 spiro atoms. The van der Waals surface area contributed by atoms with Gasteiger partial charge in [-0.1, -0.05) is 11.3 Å². The highest BCUT2D eigenvalue weighted by Gasteiger charge is 2.37. The van der Waals surface area contributed by atoms with Gasteiger partial charge in [0.25, 0.3) is 0 Å². The second kappa shape index (κ2) is 3.06. The first-order valence-electron chi connectivity index (χ1n) is 3.88. The summed E-state index contributed by atoms with van der Waals surface area (Å²) in [6, 6.07) is 0.0354. The van der Waals surface area contributed by atoms with E-state index in [9.17, 15) is 13.2 Å². The van der Waals surface area contributed by atoms with E-state index >= 15 is 0 Å². The number of hydrogen-bond donors (Lipinski definition) is 1. The molecule has 0 bridgehead atoms. The van der Waals surface area contributed by atoms with E-state index in [1.54, 1.807) is 4.90 Å². The van der Waals surface area contributed by atoms with Crippen LogP contribution in [0.5, 0.6) is 0 Å². The number of nitrogens with two attached hydrogens (primary N) is 1. The normalized spacial score (nSPS) is 18.4. The maximum absolute atomic E-state index is 12.1. The molecule has 0 radical (unpaired) electrons. The van der Waals surface area contributed by atoms with E-state index in [0.717, 1.165) is 0 Å². The molecule has 8 heteroatoms. The number of halogens is 3. The van der Waals surface area contributed by atoms with E-state index in [2.05, 4.69) is 10.2 Å². The first-order chi connectivity index (χ1) is 6.47. The van der Waals surface area contributed by atoms with Crippen LogP contribution in [0.15, 0.2) is 0 Å². The van der Waals surface area contributed by atoms with Gasteiger partial charge in [0, 0.05) is 19.1 Å². The molecule has 0 unspecified atom stereocenters. The third-order valence-corrected chi connectivity index (χ3v) is 2.87. The van der Waals surface area contributed by atoms with Crippen molar-refractivity contribution in [2.45, 2.75) is 12.2 Å². The number of nitrogens with zero attached hydrogens (tertiary/aromatic N) is 3. The predicted octanol–water partition coefficient (Wildman–Crippen LogP) is 0.704. The highest BCUT2D eigenvalue weighted by molar-refractivity contribution is 7.15. The lowest BCUT2D eigenvalue weighted by atomic mass is 10.1. The molecule has 1 aliphatic heterocycles. The van der Waals surface area contributed by atoms with Gasteiger partial charge in [0.1, 0.15) is 0 Å². The molecule has 1 fully saturated rings. The number of rotatable bonds is 1. The van der Waals surface area contributed by atoms with Crippen molar-refractivity contribution in [1.29, 1.82) is 0 Å². The predicted molar refractivity (Wildman–Crippen MR) is 45.1 cm³/mol. The number of aromatic nitrogens is 2. The summed E-state index contributed by atoms with van der Waals surface area (Å²) in [5.41, 5.74) is 5.49. The molecule has 1 saturated heterocycles. The molecular formula is C6H7F3N4S. The molecule has 14 heavy (non-hydrogen) atoms. The second-order valence-corrected chi connectivity index (χ2v) is 4.01. The Balaban J connectivity index is 2.11. The SMILES string of the molecule is NC1CN(c2nnc(C(F)(F)F)s2)C1. The Labute approximate surface area is 81.5 Å². The lowest BCUT2D eigenvalue weighted by molar-refractivity contribution is -0.138. The summed E-state index contributed by atoms with van der Waals surface area (Å²) in [7, 11) is 0. The third kappa shape index (κ3) is 1.67. The van der Waals surface area contributed by atoms with Crippen LogP contribution in [0, 0.1) is 0 Å². The number of anilines is 1. The van der Waals surface area contributed by atoms with Crippen LogP contribution in [0.3, 0.4) is 0 Å². The summed E-state index contributed by atoms with van der Waals surface area (Å²) in [6.07, 6.45) is -4.40. The maximum Gasteiger partial charge on any atom is 0.445 e. The molecule has 0 amide bonds. The minimum absolute atomic E-state index is 0.0354. The zero-order valence-electron chi connectivity index (χ0n) is 6.95. The Morgan fingerprint density at radius 2 is 2.00 bits per heavy atom. The van der Waals surface area contributed by atoms with Crippen LogP contribution >= 0.6 is 11.3 Å². The van der Waals surface area contributed by atoms with Gasteiger partial charge in [0.05, 0.1) is 0 Å². The fourth-order valence-electron chi connectivity index (χ4n) is 1.13. The van der Waals surface area contributed by atoms with E-state index in [0.29, 0.717) is 29.6 Å². The largest absolute Gasteiger partial charge is 0.445 e. The molecule has 2 heterocycles. The minimum atomic E-state index is -4.40. The molecule has 0 aromatic carbocycles. The van der Waals surface area contributed by atoms with E-state index in [4.69, 9.17) is 5.73 Å². The van der Waals surface area contributed by atoms with Crippen molar-refractivity contribution in [3.63, 3.8) is 0 Å². The van der Waals surface area contributed by atoms with Gasteiger partial charge < -0.3 is 10.6 Å². The monoisotopic (exact) mass is 224 g/mol. The Morgan fingerprint density at radius 3 is 2.43 bits per heavy atom. The minimum Gasteiger partial charge on any atom is -0.343 e. The van der Waals surface area contributed by atoms with Crippen LogP contribution < -0.4 is 10.6 Å². The van der Waals surface area contributed by atoms with Crippen LogP contribution in [0.25, 0.3) is 0 Å². The molecular weight excluding hydrogens is 217 g/mol. The van der Waals surface area contributed by atoms with Crippen LogP contribution in [0.4, 0.5) is 18.3 Å². The van der Waals surface area contributed by atoms with Crippen LogP contribution in [-0.2, 0) is 6.18 Å². The van der Waals surface area contributed by atoms with Crippen molar-refractivity contribution in [1.82, 2.24) is 10.2 Å². The van der Waals surface area contributed by atoms with Gasteiger partial charge in [-0.15, -0.1) is 10.2 Å². The number of alkyl halides is 3. The first-order valence-corrected chi connectivity index (χ1v) is 4.69. The molecule has 1 aliphatic rings. The summed E-state index contributed by atoms with van der Waals surface area (Å²) in [5, 5.41) is 5.92. The zero-order valence-corrected chi connectivity index (χ0v) is 7.77. The lowest BCUT2D eigenvalue weighted by Crippen LogP contribution is -2.55. The molecule has 78 valence electrons. The van der Waals surface area contributed by atoms with Crippen molar-refractivity contribution in [3.05, 3.63) is 5.01 Å². The van der Waals surface area contributed by atoms with Gasteiger partial charge in [0.2, 0.25) is 10.1 Å². The highest BCUT2D eigenvalue weighted by Crippen LogP contribution is 2.35. The molecule has 0 saturated carbocycles. The quantitative estimate of drug-likeness (QED) is 0.763. The van der Waals surface area contributed by atoms with Crippen molar-refractivity contribution < 1.29 is 13.2 Å². The highest BCUT2D eigenvalue weighted by atomic mass is 32.1. The molecule has 2 N–H and O–H groups in total. The van der Waals surface area contributed by atoms with Crippen molar-refractivity contribution in [2.75, 3.05) is 18.0 Å². The fraction of sp³-hybridized carbons (Fsp3) is 0.667. The smallest absolute Gasteiger partial charge is 0.343 e. The van der Waals surface area contributed by atoms with Gasteiger partial charge in [-0.2, -0.15) is 13.2 Å². The second-order valence-electron chi connectivity index (χ2n) is 3.05. The molecule has 0 aliphatic carbocycles. The first kappa shape index (κ1) is 9.66. The standard InChI is InChI=1S/C6H7F3N4S/c7-6(8,9)4-11-12-5(14-4)13-1-3(10)2-13/h3H,1-2,10H2. The third-order valence-electron chi connectivity index (χ3n) is 1.84. The van der Waals surface area contributed by atoms with Crippen LogP contribution in [0.2, 0.25) is 0 Å². The van der Waals surface area contributed by atoms with Gasteiger partial charge in [-0.25, -0.2) is 0 Å². The molecule has 2 rings (SSSR count). The topological polar surface area (TPSA) is 55.0 Å². The maximum atomic E-state index is 12.1. The Bertz CT molecular complexity index is 330. The van der Waals surface area contributed by atoms with Gasteiger partial charge in [-0.3, -0.25) is 0 Å². The van der Waals surface area contributed by atoms with Gasteiger partial charge in [0.15, 0.2) is 0 Å². The van der Waals surface area contributed by atoms with E-state index < -0.39 is 11.2 Å². The number of hydrogen-bond acceptors (Lipinski definition) is 5. The summed E-state index contributed by atoms with van der Waals surface area (Å²) in [6.45, 7) is 1.10. The summed E-state index contributed by atoms with van der Waals surface area (Å²) >= 11 is 0.549. The van der Waals surface area contributed by atoms with Gasteiger partial charge >= 0.3 is 6.18 Å². The Morgan fingerprint density at radius 1 is 1.36 bits per heavy atom. The van der Waals surface area contributed by atoms with E-state index in [1.165, 1.54) is 0 Å². The zero-order chi connectivity index (χ0) is 10.3. The fourth-order valence-corrected chi connectivity index (χ4v) is 1.86. The Hall–Kier alpha value is -0.890. The van der Waals surface area contributed by atoms with Gasteiger partial charge in [-0.05, 0) is 0 Å². The molecule has 0 atom stereocenters. The van der Waals surface area contributed by atoms with Crippen LogP contribution in [0.1, 0.15) is 5.01 Å². The van der Waals surface area contributed by atoms with Crippen molar-refractivity contribution in [3.8, 4) is 0 Å². The average Bonchev–Trinajstić information content (AvgIpc) is 2.45. The molecule has 4 nitrogen and oxygen atoms in total. The Kier molecular flexibility index (Phi) is 2.11. The lowest BCUT2D eigenvalue weighted by Gasteiger charge is -2.36. The van der Waals surface area contributed by atoms with Crippen molar-refractivity contribution >= 4 is 16.5 Å². The summed E-state index contributed by atoms with van der Waals surface area (Å²) in [4.78, 5) is 1.68. The average molecular weight is 224 g/mol. The van der Waals surface area contributed by atoms with E-state index in [-0.39, 0.29) is 6.04 Å². The van der Waals surface area contributed by atoms with E-state index in [1.807, 2.05) is 0 Å². The van der Waals surface area contributed by atoms with Crippen molar-refractivity contribution in [2.24, 2.45) is 5.73 Å². The summed E-state index contributed by atoms with van der Waals surface area (Å²) < 4.78 is 36.4. The molecule has 1 aromatic rings. The molecule has 1 aromatic heterocycles. The summed E-state index contributed by atoms with van der Waals surface area (Å²) in [5.74, 6) is 0.